The normalized spacial score (nSPS) is 10.8. The summed E-state index contributed by atoms with van der Waals surface area (Å²) in [5, 5.41) is 0. The van der Waals surface area contributed by atoms with Crippen LogP contribution in [-0.2, 0) is 0 Å². The van der Waals surface area contributed by atoms with Gasteiger partial charge in [-0.25, -0.2) is 0 Å². The molecule has 1 heterocycles. The number of methoxy groups -OCH3 is 2. The van der Waals surface area contributed by atoms with Gasteiger partial charge in [-0.3, -0.25) is 4.57 Å². The summed E-state index contributed by atoms with van der Waals surface area (Å²) in [6.45, 7) is 0. The molecule has 0 amide bonds. The number of aromatic amines is 1. The Morgan fingerprint density at radius 3 is 2.62 bits per heavy atom. The molecule has 0 saturated heterocycles. The van der Waals surface area contributed by atoms with Crippen molar-refractivity contribution in [1.29, 1.82) is 0 Å². The molecule has 3 rings (SSSR count). The maximum absolute atomic E-state index is 5.46. The predicted octanol–water partition coefficient (Wildman–Crippen LogP) is 4.47. The predicted molar refractivity (Wildman–Crippen MR) is 89.3 cm³/mol. The van der Waals surface area contributed by atoms with E-state index < -0.39 is 0 Å². The topological polar surface area (TPSA) is 39.2 Å². The highest BCUT2D eigenvalue weighted by molar-refractivity contribution is 9.10. The van der Waals surface area contributed by atoms with Crippen LogP contribution in [0.5, 0.6) is 11.5 Å². The van der Waals surface area contributed by atoms with Crippen molar-refractivity contribution >= 4 is 39.2 Å². The number of benzene rings is 2. The zero-order valence-corrected chi connectivity index (χ0v) is 13.9. The van der Waals surface area contributed by atoms with Gasteiger partial charge in [-0.15, -0.1) is 0 Å². The molecule has 0 radical (unpaired) electrons. The molecule has 0 atom stereocenters. The third kappa shape index (κ3) is 2.45. The lowest BCUT2D eigenvalue weighted by molar-refractivity contribution is 0.401. The fourth-order valence-corrected chi connectivity index (χ4v) is 2.96. The fourth-order valence-electron chi connectivity index (χ4n) is 2.29. The van der Waals surface area contributed by atoms with E-state index in [4.69, 9.17) is 21.7 Å². The number of nitrogens with zero attached hydrogens (tertiary/aromatic N) is 1. The van der Waals surface area contributed by atoms with Crippen LogP contribution in [0.1, 0.15) is 0 Å². The Labute approximate surface area is 135 Å². The molecule has 0 aliphatic rings. The molecule has 0 unspecified atom stereocenters. The zero-order valence-electron chi connectivity index (χ0n) is 11.5. The van der Waals surface area contributed by atoms with E-state index in [-0.39, 0.29) is 0 Å². The van der Waals surface area contributed by atoms with Gasteiger partial charge in [0.05, 0.1) is 30.9 Å². The van der Waals surface area contributed by atoms with Gasteiger partial charge in [-0.2, -0.15) is 0 Å². The van der Waals surface area contributed by atoms with Crippen LogP contribution in [0.2, 0.25) is 0 Å². The SMILES string of the molecule is COc1ccc(OC)c(-n2c(=S)[nH]c3cc(Br)ccc32)c1. The first-order valence-electron chi connectivity index (χ1n) is 6.26. The minimum Gasteiger partial charge on any atom is -0.497 e. The molecule has 108 valence electrons. The van der Waals surface area contributed by atoms with E-state index in [0.717, 1.165) is 32.7 Å². The molecule has 0 fully saturated rings. The molecule has 21 heavy (non-hydrogen) atoms. The van der Waals surface area contributed by atoms with Crippen LogP contribution < -0.4 is 9.47 Å². The molecule has 0 spiro atoms. The third-order valence-corrected chi connectivity index (χ3v) is 4.05. The largest absolute Gasteiger partial charge is 0.497 e. The first kappa shape index (κ1) is 14.2. The Morgan fingerprint density at radius 1 is 1.10 bits per heavy atom. The van der Waals surface area contributed by atoms with E-state index in [2.05, 4.69) is 20.9 Å². The van der Waals surface area contributed by atoms with Crippen molar-refractivity contribution in [1.82, 2.24) is 9.55 Å². The first-order valence-corrected chi connectivity index (χ1v) is 7.47. The van der Waals surface area contributed by atoms with Crippen molar-refractivity contribution in [2.24, 2.45) is 0 Å². The van der Waals surface area contributed by atoms with Gasteiger partial charge in [0.2, 0.25) is 0 Å². The van der Waals surface area contributed by atoms with Gasteiger partial charge >= 0.3 is 0 Å². The Bertz CT molecular complexity index is 870. The molecule has 0 aliphatic heterocycles. The minimum atomic E-state index is 0.606. The van der Waals surface area contributed by atoms with Crippen molar-refractivity contribution in [3.05, 3.63) is 45.6 Å². The van der Waals surface area contributed by atoms with E-state index in [9.17, 15) is 0 Å². The molecule has 2 aromatic carbocycles. The lowest BCUT2D eigenvalue weighted by atomic mass is 10.2. The van der Waals surface area contributed by atoms with Gasteiger partial charge in [-0.05, 0) is 42.5 Å². The second kappa shape index (κ2) is 5.54. The maximum atomic E-state index is 5.46. The van der Waals surface area contributed by atoms with Gasteiger partial charge in [0.25, 0.3) is 0 Å². The number of ether oxygens (including phenoxy) is 2. The van der Waals surface area contributed by atoms with Gasteiger partial charge < -0.3 is 14.5 Å². The molecular formula is C15H13BrN2O2S. The van der Waals surface area contributed by atoms with Crippen LogP contribution in [0.15, 0.2) is 40.9 Å². The fraction of sp³-hybridized carbons (Fsp3) is 0.133. The number of fused-ring (bicyclic) bond motifs is 1. The third-order valence-electron chi connectivity index (χ3n) is 3.27. The van der Waals surface area contributed by atoms with Crippen molar-refractivity contribution in [3.8, 4) is 17.2 Å². The summed E-state index contributed by atoms with van der Waals surface area (Å²) in [5.74, 6) is 1.48. The Balaban J connectivity index is 2.34. The molecule has 6 heteroatoms. The van der Waals surface area contributed by atoms with Gasteiger partial charge in [-0.1, -0.05) is 15.9 Å². The number of halogens is 1. The summed E-state index contributed by atoms with van der Waals surface area (Å²) in [7, 11) is 3.28. The quantitative estimate of drug-likeness (QED) is 0.697. The Kier molecular flexibility index (Phi) is 3.73. The molecule has 1 aromatic heterocycles. The highest BCUT2D eigenvalue weighted by atomic mass is 79.9. The first-order chi connectivity index (χ1) is 10.1. The number of hydrogen-bond donors (Lipinski definition) is 1. The van der Waals surface area contributed by atoms with Crippen LogP contribution in [0.3, 0.4) is 0 Å². The number of nitrogens with one attached hydrogen (secondary N) is 1. The number of H-pyrrole nitrogens is 1. The lowest BCUT2D eigenvalue weighted by Crippen LogP contribution is -1.99. The van der Waals surface area contributed by atoms with E-state index >= 15 is 0 Å². The minimum absolute atomic E-state index is 0.606. The number of rotatable bonds is 3. The number of aromatic nitrogens is 2. The van der Waals surface area contributed by atoms with E-state index in [0.29, 0.717) is 4.77 Å². The average Bonchev–Trinajstić information content (AvgIpc) is 2.81. The molecule has 1 N–H and O–H groups in total. The van der Waals surface area contributed by atoms with E-state index in [1.54, 1.807) is 14.2 Å². The monoisotopic (exact) mass is 364 g/mol. The second-order valence-corrected chi connectivity index (χ2v) is 5.77. The Hall–Kier alpha value is -1.79. The van der Waals surface area contributed by atoms with Crippen LogP contribution >= 0.6 is 28.1 Å². The summed E-state index contributed by atoms with van der Waals surface area (Å²) >= 11 is 8.93. The van der Waals surface area contributed by atoms with Crippen LogP contribution in [0.4, 0.5) is 0 Å². The summed E-state index contributed by atoms with van der Waals surface area (Å²) in [6.07, 6.45) is 0. The van der Waals surface area contributed by atoms with Gasteiger partial charge in [0, 0.05) is 10.5 Å². The molecular weight excluding hydrogens is 352 g/mol. The molecule has 0 saturated carbocycles. The molecule has 0 bridgehead atoms. The summed E-state index contributed by atoms with van der Waals surface area (Å²) < 4.78 is 14.3. The van der Waals surface area contributed by atoms with Crippen molar-refractivity contribution in [2.75, 3.05) is 14.2 Å². The van der Waals surface area contributed by atoms with Crippen LogP contribution in [-0.4, -0.2) is 23.8 Å². The number of hydrogen-bond acceptors (Lipinski definition) is 3. The standard InChI is InChI=1S/C15H13BrN2O2S/c1-19-10-4-6-14(20-2)13(8-10)18-12-5-3-9(16)7-11(12)17-15(18)21/h3-8H,1-2H3,(H,17,21). The summed E-state index contributed by atoms with van der Waals surface area (Å²) in [5.41, 5.74) is 2.78. The number of imidazole rings is 1. The van der Waals surface area contributed by atoms with Crippen LogP contribution in [0, 0.1) is 4.77 Å². The maximum Gasteiger partial charge on any atom is 0.182 e. The van der Waals surface area contributed by atoms with Crippen molar-refractivity contribution in [2.45, 2.75) is 0 Å². The van der Waals surface area contributed by atoms with E-state index in [1.165, 1.54) is 0 Å². The highest BCUT2D eigenvalue weighted by Gasteiger charge is 2.12. The van der Waals surface area contributed by atoms with Crippen molar-refractivity contribution < 1.29 is 9.47 Å². The lowest BCUT2D eigenvalue weighted by Gasteiger charge is -2.12. The summed E-state index contributed by atoms with van der Waals surface area (Å²) in [4.78, 5) is 3.21. The second-order valence-electron chi connectivity index (χ2n) is 4.46. The van der Waals surface area contributed by atoms with Gasteiger partial charge in [0.15, 0.2) is 4.77 Å². The molecule has 3 aromatic rings. The smallest absolute Gasteiger partial charge is 0.182 e. The zero-order chi connectivity index (χ0) is 15.0. The van der Waals surface area contributed by atoms with E-state index in [1.807, 2.05) is 41.0 Å². The molecule has 0 aliphatic carbocycles. The van der Waals surface area contributed by atoms with Crippen LogP contribution in [0.25, 0.3) is 16.7 Å². The van der Waals surface area contributed by atoms with Gasteiger partial charge in [0.1, 0.15) is 11.5 Å². The highest BCUT2D eigenvalue weighted by Crippen LogP contribution is 2.31. The van der Waals surface area contributed by atoms with Crippen molar-refractivity contribution in [3.63, 3.8) is 0 Å². The Morgan fingerprint density at radius 2 is 1.90 bits per heavy atom. The molecule has 4 nitrogen and oxygen atoms in total. The summed E-state index contributed by atoms with van der Waals surface area (Å²) in [6, 6.07) is 11.6. The average molecular weight is 365 g/mol.